The third kappa shape index (κ3) is 2.83. The Kier molecular flexibility index (Phi) is 4.47. The molecule has 1 heteroatoms. The van der Waals surface area contributed by atoms with Crippen molar-refractivity contribution >= 4 is 5.69 Å². The predicted octanol–water partition coefficient (Wildman–Crippen LogP) is 4.41. The molecule has 1 aliphatic heterocycles. The standard InChI is InChI=1S/C16H25N/c1-3-5-10-15(8-4-2)17-13-12-14-9-6-7-11-16(14)17/h6-7,9,11,15H,3-5,8,10,12-13H2,1-2H3. The molecular formula is C16H25N. The Morgan fingerprint density at radius 2 is 1.94 bits per heavy atom. The van der Waals surface area contributed by atoms with Crippen molar-refractivity contribution in [2.45, 2.75) is 58.4 Å². The first-order chi connectivity index (χ1) is 8.36. The summed E-state index contributed by atoms with van der Waals surface area (Å²) in [6.45, 7) is 5.83. The minimum absolute atomic E-state index is 0.767. The highest BCUT2D eigenvalue weighted by Crippen LogP contribution is 2.31. The molecule has 0 saturated carbocycles. The van der Waals surface area contributed by atoms with Crippen molar-refractivity contribution < 1.29 is 0 Å². The van der Waals surface area contributed by atoms with Gasteiger partial charge in [0.05, 0.1) is 0 Å². The Bertz CT molecular complexity index is 345. The van der Waals surface area contributed by atoms with Crippen LogP contribution in [0.1, 0.15) is 51.5 Å². The van der Waals surface area contributed by atoms with Crippen molar-refractivity contribution in [2.75, 3.05) is 11.4 Å². The van der Waals surface area contributed by atoms with Gasteiger partial charge in [-0.2, -0.15) is 0 Å². The zero-order chi connectivity index (χ0) is 12.1. The number of para-hydroxylation sites is 1. The van der Waals surface area contributed by atoms with Gasteiger partial charge in [-0.15, -0.1) is 0 Å². The second-order valence-electron chi connectivity index (χ2n) is 5.16. The van der Waals surface area contributed by atoms with Gasteiger partial charge in [-0.25, -0.2) is 0 Å². The molecular weight excluding hydrogens is 206 g/mol. The third-order valence-electron chi connectivity index (χ3n) is 3.88. The fraction of sp³-hybridized carbons (Fsp3) is 0.625. The van der Waals surface area contributed by atoms with E-state index in [-0.39, 0.29) is 0 Å². The molecule has 1 unspecified atom stereocenters. The van der Waals surface area contributed by atoms with Crippen LogP contribution in [0.25, 0.3) is 0 Å². The molecule has 1 aliphatic rings. The lowest BCUT2D eigenvalue weighted by Gasteiger charge is -2.30. The molecule has 94 valence electrons. The van der Waals surface area contributed by atoms with Gasteiger partial charge in [-0.1, -0.05) is 51.3 Å². The topological polar surface area (TPSA) is 3.24 Å². The largest absolute Gasteiger partial charge is 0.368 e. The van der Waals surface area contributed by atoms with E-state index in [0.717, 1.165) is 6.04 Å². The van der Waals surface area contributed by atoms with E-state index in [2.05, 4.69) is 43.0 Å². The van der Waals surface area contributed by atoms with Crippen LogP contribution in [-0.2, 0) is 6.42 Å². The smallest absolute Gasteiger partial charge is 0.0402 e. The summed E-state index contributed by atoms with van der Waals surface area (Å²) >= 11 is 0. The summed E-state index contributed by atoms with van der Waals surface area (Å²) in [6, 6.07) is 9.71. The summed E-state index contributed by atoms with van der Waals surface area (Å²) in [7, 11) is 0. The Balaban J connectivity index is 2.09. The van der Waals surface area contributed by atoms with Gasteiger partial charge >= 0.3 is 0 Å². The van der Waals surface area contributed by atoms with Crippen LogP contribution >= 0.6 is 0 Å². The Morgan fingerprint density at radius 1 is 1.12 bits per heavy atom. The summed E-state index contributed by atoms with van der Waals surface area (Å²) in [5, 5.41) is 0. The summed E-state index contributed by atoms with van der Waals surface area (Å²) in [4.78, 5) is 2.66. The number of nitrogens with zero attached hydrogens (tertiary/aromatic N) is 1. The average Bonchev–Trinajstić information content (AvgIpc) is 2.78. The lowest BCUT2D eigenvalue weighted by atomic mass is 10.0. The SMILES string of the molecule is CCCCC(CCC)N1CCc2ccccc21. The number of hydrogen-bond acceptors (Lipinski definition) is 1. The highest BCUT2D eigenvalue weighted by atomic mass is 15.2. The van der Waals surface area contributed by atoms with Crippen molar-refractivity contribution in [3.8, 4) is 0 Å². The van der Waals surface area contributed by atoms with Gasteiger partial charge in [-0.3, -0.25) is 0 Å². The maximum absolute atomic E-state index is 2.66. The first-order valence-corrected chi connectivity index (χ1v) is 7.21. The quantitative estimate of drug-likeness (QED) is 0.701. The molecule has 0 saturated heterocycles. The van der Waals surface area contributed by atoms with Crippen LogP contribution in [0.3, 0.4) is 0 Å². The fourth-order valence-corrected chi connectivity index (χ4v) is 2.97. The molecule has 2 rings (SSSR count). The van der Waals surface area contributed by atoms with E-state index in [4.69, 9.17) is 0 Å². The molecule has 0 bridgehead atoms. The lowest BCUT2D eigenvalue weighted by molar-refractivity contribution is 0.500. The van der Waals surface area contributed by atoms with E-state index >= 15 is 0 Å². The monoisotopic (exact) mass is 231 g/mol. The van der Waals surface area contributed by atoms with E-state index in [1.165, 1.54) is 50.8 Å². The van der Waals surface area contributed by atoms with E-state index in [1.807, 2.05) is 0 Å². The Morgan fingerprint density at radius 3 is 2.71 bits per heavy atom. The van der Waals surface area contributed by atoms with Crippen molar-refractivity contribution in [3.05, 3.63) is 29.8 Å². The van der Waals surface area contributed by atoms with Crippen molar-refractivity contribution in [3.63, 3.8) is 0 Å². The lowest BCUT2D eigenvalue weighted by Crippen LogP contribution is -2.33. The van der Waals surface area contributed by atoms with Gasteiger partial charge in [0.2, 0.25) is 0 Å². The van der Waals surface area contributed by atoms with E-state index in [9.17, 15) is 0 Å². The Labute approximate surface area is 106 Å². The van der Waals surface area contributed by atoms with Crippen LogP contribution in [0.2, 0.25) is 0 Å². The van der Waals surface area contributed by atoms with Crippen LogP contribution in [0.4, 0.5) is 5.69 Å². The number of benzene rings is 1. The van der Waals surface area contributed by atoms with E-state index in [1.54, 1.807) is 5.56 Å². The van der Waals surface area contributed by atoms with Crippen LogP contribution in [0, 0.1) is 0 Å². The number of hydrogen-bond donors (Lipinski definition) is 0. The second kappa shape index (κ2) is 6.09. The van der Waals surface area contributed by atoms with Gasteiger partial charge < -0.3 is 4.90 Å². The molecule has 0 fully saturated rings. The molecule has 0 spiro atoms. The zero-order valence-electron chi connectivity index (χ0n) is 11.3. The number of anilines is 1. The number of fused-ring (bicyclic) bond motifs is 1. The van der Waals surface area contributed by atoms with Crippen molar-refractivity contribution in [1.82, 2.24) is 0 Å². The van der Waals surface area contributed by atoms with Crippen LogP contribution < -0.4 is 4.90 Å². The fourth-order valence-electron chi connectivity index (χ4n) is 2.97. The molecule has 0 N–H and O–H groups in total. The van der Waals surface area contributed by atoms with Crippen LogP contribution in [-0.4, -0.2) is 12.6 Å². The molecule has 0 amide bonds. The summed E-state index contributed by atoms with van der Waals surface area (Å²) in [5.41, 5.74) is 3.05. The summed E-state index contributed by atoms with van der Waals surface area (Å²) in [6.07, 6.45) is 7.92. The number of rotatable bonds is 6. The molecule has 0 aliphatic carbocycles. The second-order valence-corrected chi connectivity index (χ2v) is 5.16. The minimum atomic E-state index is 0.767. The maximum Gasteiger partial charge on any atom is 0.0402 e. The average molecular weight is 231 g/mol. The van der Waals surface area contributed by atoms with E-state index in [0.29, 0.717) is 0 Å². The highest BCUT2D eigenvalue weighted by Gasteiger charge is 2.24. The molecule has 1 nitrogen and oxygen atoms in total. The van der Waals surface area contributed by atoms with E-state index < -0.39 is 0 Å². The third-order valence-corrected chi connectivity index (χ3v) is 3.88. The first kappa shape index (κ1) is 12.5. The molecule has 1 atom stereocenters. The normalized spacial score (nSPS) is 16.0. The first-order valence-electron chi connectivity index (χ1n) is 7.21. The minimum Gasteiger partial charge on any atom is -0.368 e. The van der Waals surface area contributed by atoms with Crippen LogP contribution in [0.5, 0.6) is 0 Å². The molecule has 1 heterocycles. The van der Waals surface area contributed by atoms with Crippen molar-refractivity contribution in [2.24, 2.45) is 0 Å². The molecule has 0 aromatic heterocycles. The molecule has 1 aromatic rings. The highest BCUT2D eigenvalue weighted by molar-refractivity contribution is 5.58. The van der Waals surface area contributed by atoms with Gasteiger partial charge in [0.15, 0.2) is 0 Å². The Hall–Kier alpha value is -0.980. The van der Waals surface area contributed by atoms with Crippen molar-refractivity contribution in [1.29, 1.82) is 0 Å². The molecule has 17 heavy (non-hydrogen) atoms. The van der Waals surface area contributed by atoms with Crippen LogP contribution in [0.15, 0.2) is 24.3 Å². The molecule has 0 radical (unpaired) electrons. The van der Waals surface area contributed by atoms with Gasteiger partial charge in [0.25, 0.3) is 0 Å². The molecule has 1 aromatic carbocycles. The zero-order valence-corrected chi connectivity index (χ0v) is 11.3. The number of unbranched alkanes of at least 4 members (excludes halogenated alkanes) is 1. The predicted molar refractivity (Wildman–Crippen MR) is 75.7 cm³/mol. The van der Waals surface area contributed by atoms with Gasteiger partial charge in [0.1, 0.15) is 0 Å². The maximum atomic E-state index is 2.66. The van der Waals surface area contributed by atoms with Gasteiger partial charge in [-0.05, 0) is 30.9 Å². The van der Waals surface area contributed by atoms with Gasteiger partial charge in [0, 0.05) is 18.3 Å². The summed E-state index contributed by atoms with van der Waals surface area (Å²) in [5.74, 6) is 0. The summed E-state index contributed by atoms with van der Waals surface area (Å²) < 4.78 is 0.